The number of rotatable bonds is 4. The first-order chi connectivity index (χ1) is 9.44. The van der Waals surface area contributed by atoms with E-state index in [-0.39, 0.29) is 5.91 Å². The van der Waals surface area contributed by atoms with Crippen molar-refractivity contribution in [1.29, 1.82) is 0 Å². The van der Waals surface area contributed by atoms with Gasteiger partial charge in [0.25, 0.3) is 5.91 Å². The zero-order chi connectivity index (χ0) is 14.6. The molecule has 104 valence electrons. The number of pyridine rings is 1. The Balaban J connectivity index is 2.06. The number of carbonyl (C=O) groups excluding carboxylic acids is 1. The molecule has 0 aliphatic heterocycles. The number of nitrogens with zero attached hydrogens (tertiary/aromatic N) is 1. The molecule has 2 N–H and O–H groups in total. The van der Waals surface area contributed by atoms with Gasteiger partial charge in [0.05, 0.1) is 11.8 Å². The summed E-state index contributed by atoms with van der Waals surface area (Å²) < 4.78 is 24.5. The number of anilines is 2. The molecule has 0 aliphatic carbocycles. The molecule has 0 saturated heterocycles. The molecule has 0 aliphatic rings. The quantitative estimate of drug-likeness (QED) is 0.897. The number of hydrogen-bond donors (Lipinski definition) is 2. The van der Waals surface area contributed by atoms with E-state index < -0.39 is 10.0 Å². The van der Waals surface area contributed by atoms with Crippen LogP contribution in [-0.2, 0) is 10.0 Å². The van der Waals surface area contributed by atoms with Crippen LogP contribution in [0.2, 0.25) is 0 Å². The minimum Gasteiger partial charge on any atom is -0.322 e. The van der Waals surface area contributed by atoms with Crippen molar-refractivity contribution in [3.8, 4) is 0 Å². The van der Waals surface area contributed by atoms with Crippen LogP contribution < -0.4 is 10.0 Å². The highest BCUT2D eigenvalue weighted by molar-refractivity contribution is 7.92. The molecule has 0 saturated carbocycles. The monoisotopic (exact) mass is 291 g/mol. The van der Waals surface area contributed by atoms with Crippen LogP contribution in [0.15, 0.2) is 48.8 Å². The minimum atomic E-state index is -3.30. The number of amides is 1. The summed E-state index contributed by atoms with van der Waals surface area (Å²) >= 11 is 0. The Morgan fingerprint density at radius 3 is 2.30 bits per heavy atom. The lowest BCUT2D eigenvalue weighted by molar-refractivity contribution is 0.102. The van der Waals surface area contributed by atoms with Gasteiger partial charge < -0.3 is 5.32 Å². The molecular formula is C13H13N3O3S. The second-order valence-electron chi connectivity index (χ2n) is 4.15. The fraction of sp³-hybridized carbons (Fsp3) is 0.0769. The molecule has 1 aromatic heterocycles. The van der Waals surface area contributed by atoms with Crippen molar-refractivity contribution >= 4 is 27.3 Å². The zero-order valence-electron chi connectivity index (χ0n) is 10.7. The second-order valence-corrected chi connectivity index (χ2v) is 5.90. The highest BCUT2D eigenvalue weighted by Gasteiger charge is 2.06. The van der Waals surface area contributed by atoms with Gasteiger partial charge in [-0.3, -0.25) is 14.5 Å². The van der Waals surface area contributed by atoms with Crippen molar-refractivity contribution in [1.82, 2.24) is 4.98 Å². The first-order valence-corrected chi connectivity index (χ1v) is 7.62. The summed E-state index contributed by atoms with van der Waals surface area (Å²) in [7, 11) is -3.30. The molecule has 1 amide bonds. The molecule has 20 heavy (non-hydrogen) atoms. The van der Waals surface area contributed by atoms with Gasteiger partial charge in [-0.05, 0) is 36.4 Å². The van der Waals surface area contributed by atoms with Crippen LogP contribution >= 0.6 is 0 Å². The van der Waals surface area contributed by atoms with Crippen molar-refractivity contribution in [2.24, 2.45) is 0 Å². The Bertz CT molecular complexity index is 697. The number of carbonyl (C=O) groups is 1. The van der Waals surface area contributed by atoms with E-state index in [1.807, 2.05) is 0 Å². The molecule has 6 nitrogen and oxygen atoms in total. The van der Waals surface area contributed by atoms with Gasteiger partial charge in [0.2, 0.25) is 10.0 Å². The number of nitrogens with one attached hydrogen (secondary N) is 2. The van der Waals surface area contributed by atoms with Crippen molar-refractivity contribution in [3.05, 3.63) is 54.4 Å². The van der Waals surface area contributed by atoms with E-state index in [4.69, 9.17) is 0 Å². The third kappa shape index (κ3) is 4.06. The zero-order valence-corrected chi connectivity index (χ0v) is 11.5. The lowest BCUT2D eigenvalue weighted by atomic mass is 10.2. The minimum absolute atomic E-state index is 0.276. The van der Waals surface area contributed by atoms with E-state index in [0.29, 0.717) is 16.9 Å². The van der Waals surface area contributed by atoms with Crippen molar-refractivity contribution in [3.63, 3.8) is 0 Å². The molecule has 7 heteroatoms. The van der Waals surface area contributed by atoms with Gasteiger partial charge in [0, 0.05) is 23.8 Å². The van der Waals surface area contributed by atoms with Crippen LogP contribution in [0.5, 0.6) is 0 Å². The van der Waals surface area contributed by atoms with Crippen LogP contribution in [0.3, 0.4) is 0 Å². The predicted molar refractivity (Wildman–Crippen MR) is 77.1 cm³/mol. The predicted octanol–water partition coefficient (Wildman–Crippen LogP) is 1.71. The third-order valence-corrected chi connectivity index (χ3v) is 2.98. The van der Waals surface area contributed by atoms with Gasteiger partial charge in [-0.2, -0.15) is 0 Å². The number of hydrogen-bond acceptors (Lipinski definition) is 4. The van der Waals surface area contributed by atoms with Crippen molar-refractivity contribution < 1.29 is 13.2 Å². The first-order valence-electron chi connectivity index (χ1n) is 5.73. The fourth-order valence-electron chi connectivity index (χ4n) is 1.54. The highest BCUT2D eigenvalue weighted by atomic mass is 32.2. The fourth-order valence-corrected chi connectivity index (χ4v) is 2.10. The smallest absolute Gasteiger partial charge is 0.257 e. The van der Waals surface area contributed by atoms with Gasteiger partial charge in [-0.1, -0.05) is 0 Å². The topological polar surface area (TPSA) is 88.2 Å². The van der Waals surface area contributed by atoms with Crippen LogP contribution in [0, 0.1) is 0 Å². The van der Waals surface area contributed by atoms with Gasteiger partial charge >= 0.3 is 0 Å². The summed E-state index contributed by atoms with van der Waals surface area (Å²) in [5.41, 5.74) is 1.45. The highest BCUT2D eigenvalue weighted by Crippen LogP contribution is 2.15. The molecule has 0 fully saturated rings. The Labute approximate surface area is 116 Å². The van der Waals surface area contributed by atoms with E-state index in [2.05, 4.69) is 15.0 Å². The van der Waals surface area contributed by atoms with Crippen LogP contribution in [0.1, 0.15) is 10.4 Å². The van der Waals surface area contributed by atoms with E-state index in [1.165, 1.54) is 6.20 Å². The van der Waals surface area contributed by atoms with Gasteiger partial charge in [-0.15, -0.1) is 0 Å². The first kappa shape index (κ1) is 14.0. The molecule has 0 spiro atoms. The number of sulfonamides is 1. The lowest BCUT2D eigenvalue weighted by Crippen LogP contribution is -2.12. The molecule has 0 radical (unpaired) electrons. The standard InChI is InChI=1S/C13H13N3O3S/c1-20(18,19)16-12-6-4-11(5-7-12)15-13(17)10-3-2-8-14-9-10/h2-9,16H,1H3,(H,15,17). The molecule has 1 heterocycles. The van der Waals surface area contributed by atoms with Crippen molar-refractivity contribution in [2.75, 3.05) is 16.3 Å². The van der Waals surface area contributed by atoms with E-state index in [9.17, 15) is 13.2 Å². The summed E-state index contributed by atoms with van der Waals surface area (Å²) in [6, 6.07) is 9.69. The summed E-state index contributed by atoms with van der Waals surface area (Å²) in [6.07, 6.45) is 4.13. The van der Waals surface area contributed by atoms with Gasteiger partial charge in [0.15, 0.2) is 0 Å². The molecule has 0 atom stereocenters. The number of aromatic nitrogens is 1. The molecular weight excluding hydrogens is 278 g/mol. The van der Waals surface area contributed by atoms with E-state index in [1.54, 1.807) is 42.6 Å². The van der Waals surface area contributed by atoms with Crippen LogP contribution in [0.4, 0.5) is 11.4 Å². The van der Waals surface area contributed by atoms with Crippen LogP contribution in [-0.4, -0.2) is 25.6 Å². The second kappa shape index (κ2) is 5.70. The average molecular weight is 291 g/mol. The molecule has 2 aromatic rings. The Morgan fingerprint density at radius 1 is 1.10 bits per heavy atom. The summed E-state index contributed by atoms with van der Waals surface area (Å²) in [5, 5.41) is 2.69. The summed E-state index contributed by atoms with van der Waals surface area (Å²) in [6.45, 7) is 0. The lowest BCUT2D eigenvalue weighted by Gasteiger charge is -2.07. The van der Waals surface area contributed by atoms with E-state index in [0.717, 1.165) is 6.26 Å². The van der Waals surface area contributed by atoms with Crippen LogP contribution in [0.25, 0.3) is 0 Å². The molecule has 0 bridgehead atoms. The maximum Gasteiger partial charge on any atom is 0.257 e. The SMILES string of the molecule is CS(=O)(=O)Nc1ccc(NC(=O)c2cccnc2)cc1. The van der Waals surface area contributed by atoms with Gasteiger partial charge in [0.1, 0.15) is 0 Å². The third-order valence-electron chi connectivity index (χ3n) is 2.37. The maximum absolute atomic E-state index is 11.9. The largest absolute Gasteiger partial charge is 0.322 e. The summed E-state index contributed by atoms with van der Waals surface area (Å²) in [5.74, 6) is -0.276. The number of benzene rings is 1. The molecule has 2 rings (SSSR count). The van der Waals surface area contributed by atoms with Crippen molar-refractivity contribution in [2.45, 2.75) is 0 Å². The Hall–Kier alpha value is -2.41. The Morgan fingerprint density at radius 2 is 1.75 bits per heavy atom. The van der Waals surface area contributed by atoms with E-state index >= 15 is 0 Å². The maximum atomic E-state index is 11.9. The molecule has 0 unspecified atom stereocenters. The average Bonchev–Trinajstić information content (AvgIpc) is 2.40. The van der Waals surface area contributed by atoms with Gasteiger partial charge in [-0.25, -0.2) is 8.42 Å². The normalized spacial score (nSPS) is 10.8. The summed E-state index contributed by atoms with van der Waals surface area (Å²) in [4.78, 5) is 15.7. The Kier molecular flexibility index (Phi) is 3.99. The molecule has 1 aromatic carbocycles.